The van der Waals surface area contributed by atoms with E-state index in [2.05, 4.69) is 0 Å². The Bertz CT molecular complexity index is 1770. The highest BCUT2D eigenvalue weighted by Crippen LogP contribution is 2.32. The van der Waals surface area contributed by atoms with Gasteiger partial charge in [0.1, 0.15) is 22.8 Å². The minimum Gasteiger partial charge on any atom is -0.497 e. The fourth-order valence-electron chi connectivity index (χ4n) is 4.10. The third-order valence-corrected chi connectivity index (χ3v) is 5.83. The highest BCUT2D eigenvalue weighted by atomic mass is 16.5. The lowest BCUT2D eigenvalue weighted by atomic mass is 10.0. The van der Waals surface area contributed by atoms with Crippen LogP contribution in [-0.4, -0.2) is 26.8 Å². The van der Waals surface area contributed by atoms with Gasteiger partial charge in [0.2, 0.25) is 0 Å². The summed E-state index contributed by atoms with van der Waals surface area (Å²) in [4.78, 5) is 38.2. The maximum atomic E-state index is 13.0. The van der Waals surface area contributed by atoms with Gasteiger partial charge in [-0.15, -0.1) is 0 Å². The van der Waals surface area contributed by atoms with Crippen molar-refractivity contribution in [2.45, 2.75) is 6.92 Å². The molecule has 0 fully saturated rings. The number of fused-ring (bicyclic) bond motifs is 2. The molecule has 3 aromatic carbocycles. The van der Waals surface area contributed by atoms with Crippen molar-refractivity contribution in [3.8, 4) is 34.1 Å². The Morgan fingerprint density at radius 3 is 2.29 bits per heavy atom. The van der Waals surface area contributed by atoms with Gasteiger partial charge in [-0.1, -0.05) is 12.1 Å². The van der Waals surface area contributed by atoms with Crippen molar-refractivity contribution < 1.29 is 32.6 Å². The van der Waals surface area contributed by atoms with Crippen LogP contribution in [0.4, 0.5) is 0 Å². The molecule has 0 aliphatic carbocycles. The number of hydrogen-bond acceptors (Lipinski definition) is 9. The second-order valence-corrected chi connectivity index (χ2v) is 8.18. The number of esters is 1. The molecular formula is C29H22O9. The average Bonchev–Trinajstić information content (AvgIpc) is 2.92. The molecule has 2 heterocycles. The Hall–Kier alpha value is -5.05. The van der Waals surface area contributed by atoms with Gasteiger partial charge in [0.15, 0.2) is 11.3 Å². The normalized spacial score (nSPS) is 10.9. The van der Waals surface area contributed by atoms with E-state index in [4.69, 9.17) is 27.8 Å². The molecule has 2 aromatic heterocycles. The first-order valence-corrected chi connectivity index (χ1v) is 11.6. The molecule has 38 heavy (non-hydrogen) atoms. The standard InChI is InChI=1S/C29H22O9/c1-4-35-24-7-5-6-16-12-23(29(32)38-27(16)24)22-15-26(30)37-25-14-18(8-9-21(22)25)36-28(31)17-10-19(33-2)13-20(11-17)34-3/h5-15H,4H2,1-3H3. The van der Waals surface area contributed by atoms with Gasteiger partial charge in [-0.05, 0) is 43.3 Å². The van der Waals surface area contributed by atoms with E-state index < -0.39 is 17.2 Å². The molecule has 9 heteroatoms. The van der Waals surface area contributed by atoms with Crippen LogP contribution in [0, 0.1) is 0 Å². The summed E-state index contributed by atoms with van der Waals surface area (Å²) in [5, 5.41) is 1.09. The van der Waals surface area contributed by atoms with Crippen LogP contribution in [0.3, 0.4) is 0 Å². The van der Waals surface area contributed by atoms with Crippen molar-refractivity contribution in [2.75, 3.05) is 20.8 Å². The lowest BCUT2D eigenvalue weighted by Gasteiger charge is -2.10. The summed E-state index contributed by atoms with van der Waals surface area (Å²) < 4.78 is 32.4. The lowest BCUT2D eigenvalue weighted by Crippen LogP contribution is -2.09. The van der Waals surface area contributed by atoms with Crippen LogP contribution in [-0.2, 0) is 0 Å². The van der Waals surface area contributed by atoms with Gasteiger partial charge < -0.3 is 27.8 Å². The summed E-state index contributed by atoms with van der Waals surface area (Å²) >= 11 is 0. The second kappa shape index (κ2) is 10.1. The molecule has 0 spiro atoms. The third kappa shape index (κ3) is 4.69. The number of hydrogen-bond donors (Lipinski definition) is 0. The van der Waals surface area contributed by atoms with Crippen LogP contribution in [0.15, 0.2) is 85.2 Å². The number of carbonyl (C=O) groups excluding carboxylic acids is 1. The number of ether oxygens (including phenoxy) is 4. The molecule has 0 bridgehead atoms. The number of benzene rings is 3. The predicted molar refractivity (Wildman–Crippen MR) is 140 cm³/mol. The molecule has 0 unspecified atom stereocenters. The zero-order valence-corrected chi connectivity index (χ0v) is 20.7. The zero-order valence-electron chi connectivity index (χ0n) is 20.7. The highest BCUT2D eigenvalue weighted by molar-refractivity contribution is 5.97. The van der Waals surface area contributed by atoms with Gasteiger partial charge in [0.25, 0.3) is 0 Å². The number of rotatable bonds is 7. The molecule has 0 radical (unpaired) electrons. The summed E-state index contributed by atoms with van der Waals surface area (Å²) in [5.74, 6) is 0.768. The van der Waals surface area contributed by atoms with Gasteiger partial charge >= 0.3 is 17.2 Å². The van der Waals surface area contributed by atoms with E-state index in [0.717, 1.165) is 0 Å². The molecule has 5 aromatic rings. The Morgan fingerprint density at radius 2 is 1.58 bits per heavy atom. The molecule has 0 atom stereocenters. The average molecular weight is 514 g/mol. The SMILES string of the molecule is CCOc1cccc2cc(-c3cc(=O)oc4cc(OC(=O)c5cc(OC)cc(OC)c5)ccc34)c(=O)oc12. The molecule has 0 aliphatic rings. The molecule has 0 saturated carbocycles. The van der Waals surface area contributed by atoms with Crippen LogP contribution in [0.25, 0.3) is 33.1 Å². The molecule has 0 aliphatic heterocycles. The second-order valence-electron chi connectivity index (χ2n) is 8.18. The monoisotopic (exact) mass is 514 g/mol. The minimum atomic E-state index is -0.684. The maximum Gasteiger partial charge on any atom is 0.344 e. The molecule has 0 amide bonds. The first-order chi connectivity index (χ1) is 18.4. The largest absolute Gasteiger partial charge is 0.497 e. The van der Waals surface area contributed by atoms with Crippen molar-refractivity contribution in [2.24, 2.45) is 0 Å². The van der Waals surface area contributed by atoms with Crippen molar-refractivity contribution in [3.05, 3.63) is 93.1 Å². The number of methoxy groups -OCH3 is 2. The van der Waals surface area contributed by atoms with E-state index in [1.807, 2.05) is 6.92 Å². The summed E-state index contributed by atoms with van der Waals surface area (Å²) in [6.07, 6.45) is 0. The van der Waals surface area contributed by atoms with Crippen molar-refractivity contribution in [1.82, 2.24) is 0 Å². The number of carbonyl (C=O) groups is 1. The van der Waals surface area contributed by atoms with Crippen LogP contribution >= 0.6 is 0 Å². The highest BCUT2D eigenvalue weighted by Gasteiger charge is 2.17. The molecule has 192 valence electrons. The number of para-hydroxylation sites is 1. The lowest BCUT2D eigenvalue weighted by molar-refractivity contribution is 0.0734. The minimum absolute atomic E-state index is 0.128. The fourth-order valence-corrected chi connectivity index (χ4v) is 4.10. The van der Waals surface area contributed by atoms with Gasteiger partial charge in [-0.25, -0.2) is 14.4 Å². The molecule has 0 N–H and O–H groups in total. The van der Waals surface area contributed by atoms with Gasteiger partial charge in [0.05, 0.1) is 32.0 Å². The van der Waals surface area contributed by atoms with E-state index in [-0.39, 0.29) is 22.5 Å². The van der Waals surface area contributed by atoms with Gasteiger partial charge in [-0.2, -0.15) is 0 Å². The van der Waals surface area contributed by atoms with Crippen LogP contribution in [0.2, 0.25) is 0 Å². The van der Waals surface area contributed by atoms with E-state index in [0.29, 0.717) is 45.8 Å². The van der Waals surface area contributed by atoms with E-state index in [9.17, 15) is 14.4 Å². The van der Waals surface area contributed by atoms with E-state index in [1.165, 1.54) is 44.6 Å². The quantitative estimate of drug-likeness (QED) is 0.164. The summed E-state index contributed by atoms with van der Waals surface area (Å²) in [6.45, 7) is 2.24. The first kappa shape index (κ1) is 24.6. The topological polar surface area (TPSA) is 114 Å². The summed E-state index contributed by atoms with van der Waals surface area (Å²) in [7, 11) is 2.95. The fraction of sp³-hybridized carbons (Fsp3) is 0.138. The van der Waals surface area contributed by atoms with Crippen LogP contribution in [0.1, 0.15) is 17.3 Å². The Morgan fingerprint density at radius 1 is 0.816 bits per heavy atom. The van der Waals surface area contributed by atoms with Gasteiger partial charge in [0, 0.05) is 34.5 Å². The molecule has 9 nitrogen and oxygen atoms in total. The van der Waals surface area contributed by atoms with Crippen molar-refractivity contribution >= 4 is 27.9 Å². The first-order valence-electron chi connectivity index (χ1n) is 11.6. The Kier molecular flexibility index (Phi) is 6.57. The van der Waals surface area contributed by atoms with Crippen molar-refractivity contribution in [3.63, 3.8) is 0 Å². The van der Waals surface area contributed by atoms with Crippen LogP contribution < -0.4 is 30.2 Å². The smallest absolute Gasteiger partial charge is 0.344 e. The maximum absolute atomic E-state index is 13.0. The van der Waals surface area contributed by atoms with Gasteiger partial charge in [-0.3, -0.25) is 0 Å². The van der Waals surface area contributed by atoms with E-state index in [1.54, 1.807) is 36.4 Å². The zero-order chi connectivity index (χ0) is 26.8. The summed E-state index contributed by atoms with van der Waals surface area (Å²) in [5.41, 5.74) is -0.171. The van der Waals surface area contributed by atoms with Crippen molar-refractivity contribution in [1.29, 1.82) is 0 Å². The Labute approximate surface area is 215 Å². The molecular weight excluding hydrogens is 492 g/mol. The van der Waals surface area contributed by atoms with Crippen LogP contribution in [0.5, 0.6) is 23.0 Å². The third-order valence-electron chi connectivity index (χ3n) is 5.83. The molecule has 5 rings (SSSR count). The van der Waals surface area contributed by atoms with E-state index >= 15 is 0 Å². The summed E-state index contributed by atoms with van der Waals surface area (Å²) in [6, 6.07) is 17.3. The Balaban J connectivity index is 1.55. The molecule has 0 saturated heterocycles. The predicted octanol–water partition coefficient (Wildman–Crippen LogP) is 5.20.